The number of anilines is 2. The zero-order valence-electron chi connectivity index (χ0n) is 8.90. The molecule has 0 saturated carbocycles. The summed E-state index contributed by atoms with van der Waals surface area (Å²) >= 11 is 0. The van der Waals surface area contributed by atoms with Gasteiger partial charge in [0.2, 0.25) is 0 Å². The molecule has 0 aliphatic carbocycles. The van der Waals surface area contributed by atoms with E-state index in [9.17, 15) is 4.79 Å². The van der Waals surface area contributed by atoms with E-state index in [4.69, 9.17) is 5.11 Å². The Labute approximate surface area is 88.7 Å². The molecule has 0 aliphatic heterocycles. The summed E-state index contributed by atoms with van der Waals surface area (Å²) in [4.78, 5) is 16.4. The van der Waals surface area contributed by atoms with E-state index < -0.39 is 5.97 Å². The summed E-state index contributed by atoms with van der Waals surface area (Å²) in [5.74, 6) is 0.0687. The molecule has 0 amide bonds. The molecule has 0 spiro atoms. The van der Waals surface area contributed by atoms with Crippen LogP contribution in [0.4, 0.5) is 11.5 Å². The van der Waals surface area contributed by atoms with Crippen molar-refractivity contribution in [2.24, 2.45) is 0 Å². The van der Waals surface area contributed by atoms with Crippen LogP contribution in [0.3, 0.4) is 0 Å². The molecule has 0 aromatic carbocycles. The van der Waals surface area contributed by atoms with E-state index in [-0.39, 0.29) is 6.42 Å². The molecule has 0 saturated heterocycles. The minimum atomic E-state index is -0.805. The number of aliphatic carboxylic acids is 1. The first-order chi connectivity index (χ1) is 7.09. The van der Waals surface area contributed by atoms with Crippen molar-refractivity contribution in [2.45, 2.75) is 6.42 Å². The summed E-state index contributed by atoms with van der Waals surface area (Å²) in [5, 5.41) is 11.4. The average Bonchev–Trinajstić information content (AvgIpc) is 2.18. The van der Waals surface area contributed by atoms with Gasteiger partial charge in [-0.2, -0.15) is 0 Å². The fourth-order valence-corrected chi connectivity index (χ4v) is 1.07. The van der Waals surface area contributed by atoms with Crippen molar-refractivity contribution in [1.29, 1.82) is 0 Å². The van der Waals surface area contributed by atoms with E-state index in [0.717, 1.165) is 11.5 Å². The number of carboxylic acids is 1. The van der Waals surface area contributed by atoms with Crippen LogP contribution in [0, 0.1) is 0 Å². The van der Waals surface area contributed by atoms with Gasteiger partial charge in [-0.25, -0.2) is 4.98 Å². The van der Waals surface area contributed by atoms with Gasteiger partial charge in [0.05, 0.1) is 18.3 Å². The third-order valence-corrected chi connectivity index (χ3v) is 1.87. The zero-order valence-corrected chi connectivity index (χ0v) is 8.90. The van der Waals surface area contributed by atoms with Crippen LogP contribution in [-0.4, -0.2) is 36.7 Å². The molecule has 5 nitrogen and oxygen atoms in total. The molecule has 1 rings (SSSR count). The van der Waals surface area contributed by atoms with Gasteiger partial charge in [0, 0.05) is 20.6 Å². The Kier molecular flexibility index (Phi) is 3.91. The second-order valence-electron chi connectivity index (χ2n) is 3.37. The van der Waals surface area contributed by atoms with Crippen molar-refractivity contribution in [1.82, 2.24) is 4.98 Å². The molecule has 1 aromatic heterocycles. The molecule has 1 heterocycles. The van der Waals surface area contributed by atoms with Crippen LogP contribution < -0.4 is 10.2 Å². The van der Waals surface area contributed by atoms with Gasteiger partial charge in [-0.05, 0) is 12.1 Å². The van der Waals surface area contributed by atoms with Gasteiger partial charge >= 0.3 is 5.97 Å². The molecule has 0 aliphatic rings. The van der Waals surface area contributed by atoms with Crippen LogP contribution in [-0.2, 0) is 4.79 Å². The molecule has 0 unspecified atom stereocenters. The van der Waals surface area contributed by atoms with E-state index in [2.05, 4.69) is 10.3 Å². The van der Waals surface area contributed by atoms with Crippen molar-refractivity contribution in [3.05, 3.63) is 18.3 Å². The first-order valence-electron chi connectivity index (χ1n) is 4.68. The number of hydrogen-bond acceptors (Lipinski definition) is 4. The number of carbonyl (C=O) groups is 1. The van der Waals surface area contributed by atoms with Crippen LogP contribution in [0.15, 0.2) is 18.3 Å². The third-order valence-electron chi connectivity index (χ3n) is 1.87. The maximum atomic E-state index is 10.3. The molecular formula is C10H15N3O2. The van der Waals surface area contributed by atoms with Crippen molar-refractivity contribution in [3.63, 3.8) is 0 Å². The number of rotatable bonds is 5. The lowest BCUT2D eigenvalue weighted by atomic mass is 10.3. The van der Waals surface area contributed by atoms with Crippen LogP contribution in [0.1, 0.15) is 6.42 Å². The van der Waals surface area contributed by atoms with Gasteiger partial charge in [-0.1, -0.05) is 0 Å². The number of carboxylic acid groups (broad SMARTS) is 1. The number of pyridine rings is 1. The molecule has 0 atom stereocenters. The highest BCUT2D eigenvalue weighted by molar-refractivity contribution is 5.67. The Hall–Kier alpha value is -1.78. The van der Waals surface area contributed by atoms with Gasteiger partial charge in [0.25, 0.3) is 0 Å². The maximum Gasteiger partial charge on any atom is 0.305 e. The molecule has 82 valence electrons. The summed E-state index contributed by atoms with van der Waals surface area (Å²) in [5.41, 5.74) is 0.835. The van der Waals surface area contributed by atoms with E-state index >= 15 is 0 Å². The molecule has 0 radical (unpaired) electrons. The van der Waals surface area contributed by atoms with Crippen LogP contribution in [0.5, 0.6) is 0 Å². The van der Waals surface area contributed by atoms with Crippen molar-refractivity contribution in [3.8, 4) is 0 Å². The van der Waals surface area contributed by atoms with E-state index in [1.54, 1.807) is 6.20 Å². The van der Waals surface area contributed by atoms with Crippen LogP contribution in [0.2, 0.25) is 0 Å². The molecule has 1 aromatic rings. The number of nitrogens with one attached hydrogen (secondary N) is 1. The largest absolute Gasteiger partial charge is 0.481 e. The Morgan fingerprint density at radius 3 is 2.73 bits per heavy atom. The summed E-state index contributed by atoms with van der Waals surface area (Å²) in [7, 11) is 3.83. The van der Waals surface area contributed by atoms with Crippen molar-refractivity contribution < 1.29 is 9.90 Å². The Morgan fingerprint density at radius 2 is 2.27 bits per heavy atom. The van der Waals surface area contributed by atoms with Crippen LogP contribution in [0.25, 0.3) is 0 Å². The van der Waals surface area contributed by atoms with Gasteiger partial charge in [-0.15, -0.1) is 0 Å². The Morgan fingerprint density at radius 1 is 1.53 bits per heavy atom. The summed E-state index contributed by atoms with van der Waals surface area (Å²) in [6.07, 6.45) is 1.80. The SMILES string of the molecule is CN(C)c1ccc(NCCC(=O)O)cn1. The first kappa shape index (κ1) is 11.3. The fraction of sp³-hybridized carbons (Fsp3) is 0.400. The standard InChI is InChI=1S/C10H15N3O2/c1-13(2)9-4-3-8(7-12-9)11-6-5-10(14)15/h3-4,7,11H,5-6H2,1-2H3,(H,14,15). The predicted molar refractivity (Wildman–Crippen MR) is 59.3 cm³/mol. The Bertz CT molecular complexity index is 322. The monoisotopic (exact) mass is 209 g/mol. The highest BCUT2D eigenvalue weighted by Crippen LogP contribution is 2.11. The van der Waals surface area contributed by atoms with E-state index in [1.165, 1.54) is 0 Å². The second-order valence-corrected chi connectivity index (χ2v) is 3.37. The number of aromatic nitrogens is 1. The minimum absolute atomic E-state index is 0.107. The van der Waals surface area contributed by atoms with Gasteiger partial charge < -0.3 is 15.3 Å². The lowest BCUT2D eigenvalue weighted by molar-refractivity contribution is -0.136. The number of hydrogen-bond donors (Lipinski definition) is 2. The minimum Gasteiger partial charge on any atom is -0.481 e. The van der Waals surface area contributed by atoms with Crippen molar-refractivity contribution in [2.75, 3.05) is 30.9 Å². The molecule has 2 N–H and O–H groups in total. The normalized spacial score (nSPS) is 9.73. The third kappa shape index (κ3) is 3.84. The topological polar surface area (TPSA) is 65.5 Å². The van der Waals surface area contributed by atoms with Gasteiger partial charge in [0.1, 0.15) is 5.82 Å². The van der Waals surface area contributed by atoms with E-state index in [1.807, 2.05) is 31.1 Å². The molecule has 5 heteroatoms. The van der Waals surface area contributed by atoms with Crippen molar-refractivity contribution >= 4 is 17.5 Å². The first-order valence-corrected chi connectivity index (χ1v) is 4.68. The molecule has 0 fully saturated rings. The predicted octanol–water partition coefficient (Wildman–Crippen LogP) is 1.03. The zero-order chi connectivity index (χ0) is 11.3. The smallest absolute Gasteiger partial charge is 0.305 e. The van der Waals surface area contributed by atoms with Gasteiger partial charge in [-0.3, -0.25) is 4.79 Å². The summed E-state index contributed by atoms with van der Waals surface area (Å²) in [6, 6.07) is 3.76. The fourth-order valence-electron chi connectivity index (χ4n) is 1.07. The molecule has 15 heavy (non-hydrogen) atoms. The molecule has 0 bridgehead atoms. The lowest BCUT2D eigenvalue weighted by Gasteiger charge is -2.11. The highest BCUT2D eigenvalue weighted by atomic mass is 16.4. The summed E-state index contributed by atoms with van der Waals surface area (Å²) in [6.45, 7) is 0.415. The second kappa shape index (κ2) is 5.19. The highest BCUT2D eigenvalue weighted by Gasteiger charge is 1.98. The number of nitrogens with zero attached hydrogens (tertiary/aromatic N) is 2. The summed E-state index contributed by atoms with van der Waals surface area (Å²) < 4.78 is 0. The van der Waals surface area contributed by atoms with Gasteiger partial charge in [0.15, 0.2) is 0 Å². The Balaban J connectivity index is 2.46. The molecular weight excluding hydrogens is 194 g/mol. The maximum absolute atomic E-state index is 10.3. The quantitative estimate of drug-likeness (QED) is 0.758. The van der Waals surface area contributed by atoms with Crippen LogP contribution >= 0.6 is 0 Å². The van der Waals surface area contributed by atoms with E-state index in [0.29, 0.717) is 6.54 Å². The lowest BCUT2D eigenvalue weighted by Crippen LogP contribution is -2.11. The average molecular weight is 209 g/mol.